The van der Waals surface area contributed by atoms with Gasteiger partial charge in [-0.05, 0) is 78.2 Å². The number of azo groups is 3. The van der Waals surface area contributed by atoms with E-state index in [0.717, 1.165) is 12.1 Å². The predicted molar refractivity (Wildman–Crippen MR) is 157 cm³/mol. The van der Waals surface area contributed by atoms with Crippen LogP contribution in [0.5, 0.6) is 17.2 Å². The van der Waals surface area contributed by atoms with Crippen LogP contribution in [0, 0.1) is 0 Å². The molecular formula is C28H21N8NaO6S. The molecule has 0 aromatic heterocycles. The SMILES string of the molecule is Nc1ccc(N=Nc2ccc3cc(S(=O)(=O)O)c(N=Nc4ccc(N=Nc5ccc([O-])cc5O)cc4)c(O)c3c2)c(N)c1.[Na+]. The van der Waals surface area contributed by atoms with Crippen molar-refractivity contribution in [3.05, 3.63) is 84.9 Å². The number of nitrogens with zero attached hydrogens (tertiary/aromatic N) is 6. The minimum absolute atomic E-state index is 0. The summed E-state index contributed by atoms with van der Waals surface area (Å²) in [5.41, 5.74) is 13.3. The van der Waals surface area contributed by atoms with Gasteiger partial charge in [-0.1, -0.05) is 12.1 Å². The Bertz CT molecular complexity index is 2070. The second-order valence-corrected chi connectivity index (χ2v) is 10.4. The van der Waals surface area contributed by atoms with Crippen molar-refractivity contribution in [2.45, 2.75) is 4.90 Å². The molecular weight excluding hydrogens is 599 g/mol. The molecule has 0 unspecified atom stereocenters. The first-order valence-electron chi connectivity index (χ1n) is 12.3. The van der Waals surface area contributed by atoms with Gasteiger partial charge in [0.25, 0.3) is 10.1 Å². The quantitative estimate of drug-likeness (QED) is 0.0768. The minimum Gasteiger partial charge on any atom is -0.872 e. The van der Waals surface area contributed by atoms with Crippen molar-refractivity contribution in [3.63, 3.8) is 0 Å². The molecule has 0 amide bonds. The molecule has 14 nitrogen and oxygen atoms in total. The molecule has 0 heterocycles. The van der Waals surface area contributed by atoms with Crippen LogP contribution in [-0.4, -0.2) is 23.2 Å². The molecule has 216 valence electrons. The average molecular weight is 621 g/mol. The van der Waals surface area contributed by atoms with E-state index < -0.39 is 26.5 Å². The number of hydrogen-bond acceptors (Lipinski definition) is 13. The summed E-state index contributed by atoms with van der Waals surface area (Å²) in [5, 5.41) is 56.5. The molecule has 0 atom stereocenters. The molecule has 0 aliphatic heterocycles. The van der Waals surface area contributed by atoms with Gasteiger partial charge in [0.2, 0.25) is 0 Å². The maximum Gasteiger partial charge on any atom is 1.00 e. The zero-order valence-corrected chi connectivity index (χ0v) is 25.7. The molecule has 0 fully saturated rings. The van der Waals surface area contributed by atoms with E-state index in [9.17, 15) is 28.3 Å². The van der Waals surface area contributed by atoms with Crippen molar-refractivity contribution in [2.24, 2.45) is 30.7 Å². The van der Waals surface area contributed by atoms with E-state index in [2.05, 4.69) is 30.7 Å². The second-order valence-electron chi connectivity index (χ2n) is 9.04. The number of aromatic hydroxyl groups is 2. The van der Waals surface area contributed by atoms with Gasteiger partial charge in [0, 0.05) is 11.1 Å². The smallest absolute Gasteiger partial charge is 0.872 e. The van der Waals surface area contributed by atoms with Crippen LogP contribution in [0.4, 0.5) is 45.5 Å². The normalized spacial score (nSPS) is 11.9. The van der Waals surface area contributed by atoms with Gasteiger partial charge in [-0.15, -0.1) is 21.1 Å². The Kier molecular flexibility index (Phi) is 9.56. The van der Waals surface area contributed by atoms with Gasteiger partial charge in [0.15, 0.2) is 5.75 Å². The van der Waals surface area contributed by atoms with Gasteiger partial charge in [-0.2, -0.15) is 23.8 Å². The molecule has 7 N–H and O–H groups in total. The number of phenolic OH excluding ortho intramolecular Hbond substituents is 2. The number of nitrogens with two attached hydrogens (primary N) is 2. The van der Waals surface area contributed by atoms with E-state index in [1.165, 1.54) is 60.7 Å². The fourth-order valence-electron chi connectivity index (χ4n) is 3.85. The second kappa shape index (κ2) is 13.2. The molecule has 5 aromatic carbocycles. The largest absolute Gasteiger partial charge is 1.00 e. The number of anilines is 2. The molecule has 0 radical (unpaired) electrons. The van der Waals surface area contributed by atoms with Crippen LogP contribution in [0.1, 0.15) is 0 Å². The Morgan fingerprint density at radius 1 is 0.659 bits per heavy atom. The molecule has 5 aromatic rings. The monoisotopic (exact) mass is 620 g/mol. The number of phenols is 2. The van der Waals surface area contributed by atoms with Crippen LogP contribution in [0.25, 0.3) is 10.8 Å². The summed E-state index contributed by atoms with van der Waals surface area (Å²) >= 11 is 0. The van der Waals surface area contributed by atoms with Crippen molar-refractivity contribution in [1.29, 1.82) is 0 Å². The summed E-state index contributed by atoms with van der Waals surface area (Å²) in [4.78, 5) is -0.653. The van der Waals surface area contributed by atoms with Gasteiger partial charge in [0.1, 0.15) is 27.7 Å². The number of fused-ring (bicyclic) bond motifs is 1. The Balaban J connectivity index is 0.00000442. The maximum absolute atomic E-state index is 12.1. The Labute approximate surface area is 272 Å². The molecule has 5 rings (SSSR count). The first-order chi connectivity index (χ1) is 20.5. The number of rotatable bonds is 7. The van der Waals surface area contributed by atoms with Gasteiger partial charge in [0.05, 0.1) is 22.7 Å². The average Bonchev–Trinajstić information content (AvgIpc) is 2.96. The number of nitrogen functional groups attached to an aromatic ring is 2. The maximum atomic E-state index is 12.1. The fourth-order valence-corrected chi connectivity index (χ4v) is 4.51. The summed E-state index contributed by atoms with van der Waals surface area (Å²) in [7, 11) is -4.81. The van der Waals surface area contributed by atoms with Crippen molar-refractivity contribution >= 4 is 66.4 Å². The summed E-state index contributed by atoms with van der Waals surface area (Å²) in [5.74, 6) is -1.24. The molecule has 0 bridgehead atoms. The molecule has 0 saturated heterocycles. The fraction of sp³-hybridized carbons (Fsp3) is 0. The van der Waals surface area contributed by atoms with Crippen LogP contribution in [-0.2, 0) is 10.1 Å². The Morgan fingerprint density at radius 2 is 1.25 bits per heavy atom. The third-order valence-corrected chi connectivity index (χ3v) is 6.84. The standard InChI is InChI=1S/C28H22N8O6S.Na/c29-16-2-9-23(22(30)12-16)34-33-19-3-1-15-11-26(43(40,41)42)27(28(39)21(15)13-19)36-32-18-6-4-17(5-7-18)31-35-24-10-8-20(37)14-25(24)38;/h1-14,37-39H,29-30H2,(H,40,41,42);/q;+1/p-1. The van der Waals surface area contributed by atoms with Crippen molar-refractivity contribution in [3.8, 4) is 17.2 Å². The topological polar surface area (TPSA) is 244 Å². The summed E-state index contributed by atoms with van der Waals surface area (Å²) < 4.78 is 34.1. The van der Waals surface area contributed by atoms with Crippen LogP contribution in [0.2, 0.25) is 0 Å². The van der Waals surface area contributed by atoms with Crippen LogP contribution >= 0.6 is 0 Å². The molecule has 0 spiro atoms. The third-order valence-electron chi connectivity index (χ3n) is 5.97. The van der Waals surface area contributed by atoms with Gasteiger partial charge in [-0.3, -0.25) is 4.55 Å². The predicted octanol–water partition coefficient (Wildman–Crippen LogP) is 3.99. The summed E-state index contributed by atoms with van der Waals surface area (Å²) in [6, 6.07) is 20.0. The molecule has 16 heteroatoms. The summed E-state index contributed by atoms with van der Waals surface area (Å²) in [6.45, 7) is 0. The van der Waals surface area contributed by atoms with Crippen molar-refractivity contribution in [1.82, 2.24) is 0 Å². The molecule has 0 saturated carbocycles. The van der Waals surface area contributed by atoms with Gasteiger partial charge in [-0.25, -0.2) is 0 Å². The van der Waals surface area contributed by atoms with Crippen LogP contribution in [0.15, 0.2) is 121 Å². The van der Waals surface area contributed by atoms with E-state index in [1.807, 2.05) is 0 Å². The van der Waals surface area contributed by atoms with E-state index in [-0.39, 0.29) is 63.2 Å². The van der Waals surface area contributed by atoms with Gasteiger partial charge >= 0.3 is 29.6 Å². The molecule has 0 aliphatic carbocycles. The van der Waals surface area contributed by atoms with E-state index in [0.29, 0.717) is 28.4 Å². The zero-order valence-electron chi connectivity index (χ0n) is 22.9. The van der Waals surface area contributed by atoms with Crippen LogP contribution in [0.3, 0.4) is 0 Å². The van der Waals surface area contributed by atoms with E-state index in [4.69, 9.17) is 11.5 Å². The number of hydrogen-bond donors (Lipinski definition) is 5. The molecule has 0 aliphatic rings. The van der Waals surface area contributed by atoms with Gasteiger partial charge < -0.3 is 26.8 Å². The minimum atomic E-state index is -4.81. The van der Waals surface area contributed by atoms with E-state index in [1.54, 1.807) is 12.1 Å². The Hall–Kier alpha value is -4.93. The zero-order chi connectivity index (χ0) is 30.7. The van der Waals surface area contributed by atoms with Crippen LogP contribution < -0.4 is 46.1 Å². The number of benzene rings is 5. The first-order valence-corrected chi connectivity index (χ1v) is 13.7. The van der Waals surface area contributed by atoms with Crippen molar-refractivity contribution in [2.75, 3.05) is 11.5 Å². The Morgan fingerprint density at radius 3 is 1.89 bits per heavy atom. The summed E-state index contributed by atoms with van der Waals surface area (Å²) in [6.07, 6.45) is 0. The molecule has 44 heavy (non-hydrogen) atoms. The van der Waals surface area contributed by atoms with Crippen molar-refractivity contribution < 1.29 is 57.8 Å². The van der Waals surface area contributed by atoms with E-state index >= 15 is 0 Å². The first kappa shape index (κ1) is 32.0. The third kappa shape index (κ3) is 7.34.